The highest BCUT2D eigenvalue weighted by Gasteiger charge is 2.41. The number of anilines is 3. The molecule has 0 N–H and O–H groups in total. The number of hydrogen-bond donors (Lipinski definition) is 0. The van der Waals surface area contributed by atoms with Crippen molar-refractivity contribution >= 4 is 50.8 Å². The predicted octanol–water partition coefficient (Wildman–Crippen LogP) is 5.68. The summed E-state index contributed by atoms with van der Waals surface area (Å²) in [7, 11) is 3.18. The van der Waals surface area contributed by atoms with Crippen LogP contribution in [0.2, 0.25) is 5.15 Å². The second kappa shape index (κ2) is 8.50. The number of halogens is 2. The van der Waals surface area contributed by atoms with Crippen LogP contribution in [0, 0.1) is 6.92 Å². The lowest BCUT2D eigenvalue weighted by molar-refractivity contribution is 0.0986. The first-order chi connectivity index (χ1) is 15.9. The van der Waals surface area contributed by atoms with Gasteiger partial charge in [0.1, 0.15) is 11.0 Å². The minimum atomic E-state index is -0.142. The van der Waals surface area contributed by atoms with Gasteiger partial charge in [0, 0.05) is 16.7 Å². The maximum absolute atomic E-state index is 13.9. The normalized spacial score (nSPS) is 15.1. The summed E-state index contributed by atoms with van der Waals surface area (Å²) < 4.78 is 11.7. The van der Waals surface area contributed by atoms with Gasteiger partial charge in [-0.25, -0.2) is 9.97 Å². The fourth-order valence-electron chi connectivity index (χ4n) is 4.23. The number of nitrogens with zero attached hydrogens (tertiary/aromatic N) is 4. The van der Waals surface area contributed by atoms with E-state index in [9.17, 15) is 4.79 Å². The highest BCUT2D eigenvalue weighted by molar-refractivity contribution is 9.10. The number of amides is 1. The topological polar surface area (TPSA) is 67.8 Å². The van der Waals surface area contributed by atoms with Crippen molar-refractivity contribution in [2.75, 3.05) is 24.0 Å². The average molecular weight is 530 g/mol. The minimum Gasteiger partial charge on any atom is -0.493 e. The molecule has 1 aliphatic carbocycles. The van der Waals surface area contributed by atoms with Crippen LogP contribution in [0.3, 0.4) is 0 Å². The van der Waals surface area contributed by atoms with E-state index in [1.807, 2.05) is 25.1 Å². The molecule has 3 heterocycles. The van der Waals surface area contributed by atoms with Gasteiger partial charge in [-0.05, 0) is 61.2 Å². The molecule has 0 bridgehead atoms. The van der Waals surface area contributed by atoms with E-state index in [1.54, 1.807) is 37.4 Å². The molecular weight excluding hydrogens is 508 g/mol. The monoisotopic (exact) mass is 528 g/mol. The number of carbonyl (C=O) groups excluding carboxylic acids is 1. The zero-order chi connectivity index (χ0) is 23.3. The van der Waals surface area contributed by atoms with Crippen molar-refractivity contribution in [1.82, 2.24) is 9.97 Å². The first kappa shape index (κ1) is 22.0. The number of benzene rings is 1. The van der Waals surface area contributed by atoms with Crippen molar-refractivity contribution in [3.05, 3.63) is 62.8 Å². The van der Waals surface area contributed by atoms with Crippen molar-refractivity contribution in [2.24, 2.45) is 0 Å². The van der Waals surface area contributed by atoms with Crippen LogP contribution < -0.4 is 19.3 Å². The minimum absolute atomic E-state index is 0.142. The Balaban J connectivity index is 1.71. The summed E-state index contributed by atoms with van der Waals surface area (Å²) in [6.45, 7) is 2.24. The van der Waals surface area contributed by atoms with Gasteiger partial charge in [0.25, 0.3) is 5.91 Å². The SMILES string of the molecule is COc1cc(Br)c(CN2C(=O)c3cccnc3N(C3CC3)c3nc(Cl)cc(C)c32)cc1OC. The fourth-order valence-corrected chi connectivity index (χ4v) is 4.92. The molecule has 1 fully saturated rings. The maximum atomic E-state index is 13.9. The van der Waals surface area contributed by atoms with Crippen LogP contribution in [0.15, 0.2) is 41.0 Å². The van der Waals surface area contributed by atoms with Gasteiger partial charge in [0.05, 0.1) is 32.0 Å². The standard InChI is InChI=1S/C24H22BrClN4O3/c1-13-9-20(26)28-23-21(13)29(12-14-10-18(32-2)19(33-3)11-17(14)25)24(31)16-5-4-8-27-22(16)30(23)15-6-7-15/h4-5,8-11,15H,6-7,12H2,1-3H3. The van der Waals surface area contributed by atoms with Gasteiger partial charge in [-0.3, -0.25) is 4.79 Å². The average Bonchev–Trinajstić information content (AvgIpc) is 3.64. The van der Waals surface area contributed by atoms with Crippen molar-refractivity contribution < 1.29 is 14.3 Å². The van der Waals surface area contributed by atoms with Gasteiger partial charge in [0.15, 0.2) is 17.3 Å². The number of rotatable bonds is 5. The lowest BCUT2D eigenvalue weighted by Crippen LogP contribution is -2.31. The molecular formula is C24H22BrClN4O3. The number of aryl methyl sites for hydroxylation is 1. The molecule has 1 saturated carbocycles. The molecule has 0 spiro atoms. The molecule has 0 unspecified atom stereocenters. The third kappa shape index (κ3) is 3.81. The first-order valence-electron chi connectivity index (χ1n) is 10.6. The zero-order valence-electron chi connectivity index (χ0n) is 18.4. The van der Waals surface area contributed by atoms with Gasteiger partial charge in [-0.2, -0.15) is 0 Å². The Kier molecular flexibility index (Phi) is 5.66. The summed E-state index contributed by atoms with van der Waals surface area (Å²) in [5.41, 5.74) is 3.01. The van der Waals surface area contributed by atoms with E-state index in [-0.39, 0.29) is 11.9 Å². The first-order valence-corrected chi connectivity index (χ1v) is 11.7. The molecule has 3 aromatic rings. The number of fused-ring (bicyclic) bond motifs is 2. The van der Waals surface area contributed by atoms with E-state index in [0.29, 0.717) is 40.4 Å². The predicted molar refractivity (Wildman–Crippen MR) is 131 cm³/mol. The number of pyridine rings is 2. The molecule has 2 aromatic heterocycles. The summed E-state index contributed by atoms with van der Waals surface area (Å²) in [5, 5.41) is 0.385. The Labute approximate surface area is 205 Å². The molecule has 0 saturated heterocycles. The second-order valence-electron chi connectivity index (χ2n) is 8.10. The third-order valence-electron chi connectivity index (χ3n) is 5.92. The van der Waals surface area contributed by atoms with Crippen LogP contribution in [-0.4, -0.2) is 36.1 Å². The molecule has 1 aliphatic heterocycles. The summed E-state index contributed by atoms with van der Waals surface area (Å²) in [6.07, 6.45) is 3.73. The van der Waals surface area contributed by atoms with Crippen molar-refractivity contribution in [3.8, 4) is 11.5 Å². The number of hydrogen-bond acceptors (Lipinski definition) is 6. The molecule has 2 aliphatic rings. The molecule has 1 amide bonds. The van der Waals surface area contributed by atoms with Crippen LogP contribution in [-0.2, 0) is 6.54 Å². The largest absolute Gasteiger partial charge is 0.493 e. The molecule has 170 valence electrons. The van der Waals surface area contributed by atoms with Crippen molar-refractivity contribution in [2.45, 2.75) is 32.4 Å². The van der Waals surface area contributed by atoms with Crippen molar-refractivity contribution in [1.29, 1.82) is 0 Å². The lowest BCUT2D eigenvalue weighted by Gasteiger charge is -2.28. The Morgan fingerprint density at radius 1 is 1.15 bits per heavy atom. The molecule has 1 aromatic carbocycles. The van der Waals surface area contributed by atoms with Crippen LogP contribution in [0.4, 0.5) is 17.3 Å². The molecule has 0 radical (unpaired) electrons. The van der Waals surface area contributed by atoms with Crippen molar-refractivity contribution in [3.63, 3.8) is 0 Å². The molecule has 0 atom stereocenters. The number of ether oxygens (including phenoxy) is 2. The quantitative estimate of drug-likeness (QED) is 0.396. The number of aromatic nitrogens is 2. The summed E-state index contributed by atoms with van der Waals surface area (Å²) in [5.74, 6) is 2.33. The molecule has 9 heteroatoms. The van der Waals surface area contributed by atoms with Crippen LogP contribution >= 0.6 is 27.5 Å². The Morgan fingerprint density at radius 3 is 2.58 bits per heavy atom. The van der Waals surface area contributed by atoms with Gasteiger partial charge < -0.3 is 19.3 Å². The van der Waals surface area contributed by atoms with E-state index in [4.69, 9.17) is 21.1 Å². The van der Waals surface area contributed by atoms with Gasteiger partial charge in [-0.1, -0.05) is 27.5 Å². The zero-order valence-corrected chi connectivity index (χ0v) is 20.8. The Bertz CT molecular complexity index is 1260. The van der Waals surface area contributed by atoms with E-state index >= 15 is 0 Å². The maximum Gasteiger partial charge on any atom is 0.262 e. The molecule has 33 heavy (non-hydrogen) atoms. The van der Waals surface area contributed by atoms with Crippen LogP contribution in [0.5, 0.6) is 11.5 Å². The highest BCUT2D eigenvalue weighted by atomic mass is 79.9. The fraction of sp³-hybridized carbons (Fsp3) is 0.292. The highest BCUT2D eigenvalue weighted by Crippen LogP contribution is 2.47. The van der Waals surface area contributed by atoms with Crippen LogP contribution in [0.25, 0.3) is 0 Å². The van der Waals surface area contributed by atoms with Crippen LogP contribution in [0.1, 0.15) is 34.3 Å². The van der Waals surface area contributed by atoms with E-state index < -0.39 is 0 Å². The molecule has 7 nitrogen and oxygen atoms in total. The number of methoxy groups -OCH3 is 2. The summed E-state index contributed by atoms with van der Waals surface area (Å²) in [6, 6.07) is 9.36. The van der Waals surface area contributed by atoms with Gasteiger partial charge in [-0.15, -0.1) is 0 Å². The third-order valence-corrected chi connectivity index (χ3v) is 6.85. The van der Waals surface area contributed by atoms with E-state index in [2.05, 4.69) is 30.8 Å². The Morgan fingerprint density at radius 2 is 1.88 bits per heavy atom. The summed E-state index contributed by atoms with van der Waals surface area (Å²) in [4.78, 5) is 27.0. The smallest absolute Gasteiger partial charge is 0.262 e. The van der Waals surface area contributed by atoms with Gasteiger partial charge in [0.2, 0.25) is 0 Å². The van der Waals surface area contributed by atoms with E-state index in [0.717, 1.165) is 34.1 Å². The summed E-state index contributed by atoms with van der Waals surface area (Å²) >= 11 is 10.0. The van der Waals surface area contributed by atoms with Gasteiger partial charge >= 0.3 is 0 Å². The lowest BCUT2D eigenvalue weighted by atomic mass is 10.1. The second-order valence-corrected chi connectivity index (χ2v) is 9.34. The molecule has 5 rings (SSSR count). The van der Waals surface area contributed by atoms with E-state index in [1.165, 1.54) is 0 Å². The number of carbonyl (C=O) groups is 1. The Hall–Kier alpha value is -2.84.